The van der Waals surface area contributed by atoms with Crippen molar-refractivity contribution in [1.82, 2.24) is 15.0 Å². The Hall–Kier alpha value is -3.44. The molecule has 0 saturated carbocycles. The van der Waals surface area contributed by atoms with Crippen molar-refractivity contribution in [3.05, 3.63) is 48.5 Å². The third-order valence-electron chi connectivity index (χ3n) is 5.03. The number of piperidine rings is 1. The molecule has 1 aromatic heterocycles. The van der Waals surface area contributed by atoms with Crippen molar-refractivity contribution < 1.29 is 34.2 Å². The van der Waals surface area contributed by atoms with E-state index >= 15 is 0 Å². The second-order valence-electron chi connectivity index (χ2n) is 8.03. The maximum Gasteiger partial charge on any atom is 0.324 e. The van der Waals surface area contributed by atoms with E-state index in [0.717, 1.165) is 70.6 Å². The molecular formula is C25H40N4O7. The number of rotatable bonds is 8. The van der Waals surface area contributed by atoms with Crippen LogP contribution in [0.2, 0.25) is 0 Å². The van der Waals surface area contributed by atoms with Crippen LogP contribution in [-0.2, 0) is 4.79 Å². The van der Waals surface area contributed by atoms with Gasteiger partial charge in [-0.3, -0.25) is 14.5 Å². The van der Waals surface area contributed by atoms with Gasteiger partial charge in [0, 0.05) is 51.2 Å². The highest BCUT2D eigenvalue weighted by Crippen LogP contribution is 2.22. The molecule has 3 N–H and O–H groups in total. The second-order valence-corrected chi connectivity index (χ2v) is 8.03. The van der Waals surface area contributed by atoms with Gasteiger partial charge in [-0.05, 0) is 44.2 Å². The van der Waals surface area contributed by atoms with E-state index in [1.165, 1.54) is 0 Å². The molecule has 1 saturated heterocycles. The molecular weight excluding hydrogens is 468 g/mol. The molecule has 2 heterocycles. The fourth-order valence-corrected chi connectivity index (χ4v) is 3.22. The van der Waals surface area contributed by atoms with E-state index < -0.39 is 5.97 Å². The summed E-state index contributed by atoms with van der Waals surface area (Å²) in [6.45, 7) is 11.4. The van der Waals surface area contributed by atoms with Gasteiger partial charge in [0.15, 0.2) is 5.82 Å². The van der Waals surface area contributed by atoms with E-state index in [-0.39, 0.29) is 5.92 Å². The van der Waals surface area contributed by atoms with E-state index in [0.29, 0.717) is 24.2 Å². The lowest BCUT2D eigenvalue weighted by molar-refractivity contribution is -0.134. The summed E-state index contributed by atoms with van der Waals surface area (Å²) < 4.78 is 11.2. The SMILES string of the molecule is C=CO.CC(=O)O.CC(C)c1noc(N2CCC(N(C)CCOc3ccc(C=O)cc3)CC2)n1.CO. The van der Waals surface area contributed by atoms with Crippen LogP contribution < -0.4 is 9.64 Å². The fraction of sp³-hybridized carbons (Fsp3) is 0.520. The molecule has 2 aromatic rings. The highest BCUT2D eigenvalue weighted by Gasteiger charge is 2.25. The Balaban J connectivity index is 0.00000119. The molecule has 1 aromatic carbocycles. The maximum atomic E-state index is 10.7. The summed E-state index contributed by atoms with van der Waals surface area (Å²) in [7, 11) is 3.14. The summed E-state index contributed by atoms with van der Waals surface area (Å²) in [6.07, 6.45) is 3.70. The zero-order chi connectivity index (χ0) is 27.5. The quantitative estimate of drug-likeness (QED) is 0.356. The Bertz CT molecular complexity index is 860. The Labute approximate surface area is 213 Å². The van der Waals surface area contributed by atoms with Crippen LogP contribution in [0.1, 0.15) is 55.7 Å². The molecule has 3 rings (SSSR count). The van der Waals surface area contributed by atoms with Crippen molar-refractivity contribution in [2.24, 2.45) is 0 Å². The van der Waals surface area contributed by atoms with Gasteiger partial charge in [-0.2, -0.15) is 4.98 Å². The van der Waals surface area contributed by atoms with E-state index in [1.54, 1.807) is 12.1 Å². The van der Waals surface area contributed by atoms with Crippen molar-refractivity contribution >= 4 is 18.3 Å². The first-order valence-corrected chi connectivity index (χ1v) is 11.6. The third kappa shape index (κ3) is 12.9. The number of hydrogen-bond donors (Lipinski definition) is 3. The van der Waals surface area contributed by atoms with Crippen LogP contribution in [0.5, 0.6) is 5.75 Å². The number of carboxylic acid groups (broad SMARTS) is 1. The van der Waals surface area contributed by atoms with E-state index in [9.17, 15) is 4.79 Å². The largest absolute Gasteiger partial charge is 0.516 e. The van der Waals surface area contributed by atoms with Crippen LogP contribution in [0.4, 0.5) is 6.01 Å². The first-order chi connectivity index (χ1) is 17.2. The standard InChI is InChI=1S/C20H28N4O3.C2H4O2.C2H4O.CH4O/c1-15(2)19-21-20(27-22-19)24-10-8-17(9-11-24)23(3)12-13-26-18-6-4-16(14-25)5-7-18;1-2(3)4;1-2-3;1-2/h4-7,14-15,17H,8-13H2,1-3H3;1H3,(H,3,4);2-3H,1H2;2H,1H3. The van der Waals surface area contributed by atoms with E-state index in [1.807, 2.05) is 12.1 Å². The average Bonchev–Trinajstić information content (AvgIpc) is 3.37. The van der Waals surface area contributed by atoms with Crippen molar-refractivity contribution in [2.75, 3.05) is 45.3 Å². The number of anilines is 1. The number of likely N-dealkylation sites (N-methyl/N-ethyl adjacent to an activating group) is 1. The first-order valence-electron chi connectivity index (χ1n) is 11.6. The van der Waals surface area contributed by atoms with Crippen LogP contribution in [0.3, 0.4) is 0 Å². The zero-order valence-corrected chi connectivity index (χ0v) is 21.8. The summed E-state index contributed by atoms with van der Waals surface area (Å²) in [4.78, 5) is 28.7. The van der Waals surface area contributed by atoms with Crippen molar-refractivity contribution in [3.8, 4) is 5.75 Å². The normalized spacial score (nSPS) is 12.8. The van der Waals surface area contributed by atoms with Gasteiger partial charge in [0.2, 0.25) is 0 Å². The van der Waals surface area contributed by atoms with Crippen LogP contribution in [0, 0.1) is 0 Å². The predicted octanol–water partition coefficient (Wildman–Crippen LogP) is 3.37. The number of aliphatic carboxylic acids is 1. The average molecular weight is 509 g/mol. The van der Waals surface area contributed by atoms with Gasteiger partial charge >= 0.3 is 6.01 Å². The molecule has 0 atom stereocenters. The maximum absolute atomic E-state index is 10.7. The van der Waals surface area contributed by atoms with Crippen molar-refractivity contribution in [3.63, 3.8) is 0 Å². The molecule has 0 radical (unpaired) electrons. The van der Waals surface area contributed by atoms with Crippen LogP contribution >= 0.6 is 0 Å². The summed E-state index contributed by atoms with van der Waals surface area (Å²) in [6, 6.07) is 8.36. The van der Waals surface area contributed by atoms with Crippen molar-refractivity contribution in [1.29, 1.82) is 0 Å². The number of aromatic nitrogens is 2. The van der Waals surface area contributed by atoms with Crippen LogP contribution in [-0.4, -0.2) is 89.1 Å². The number of aldehydes is 1. The topological polar surface area (TPSA) is 149 Å². The smallest absolute Gasteiger partial charge is 0.324 e. The monoisotopic (exact) mass is 508 g/mol. The van der Waals surface area contributed by atoms with Crippen LogP contribution in [0.15, 0.2) is 41.6 Å². The molecule has 0 amide bonds. The lowest BCUT2D eigenvalue weighted by atomic mass is 10.0. The Morgan fingerprint density at radius 2 is 1.81 bits per heavy atom. The second kappa shape index (κ2) is 18.8. The fourth-order valence-electron chi connectivity index (χ4n) is 3.22. The molecule has 11 heteroatoms. The number of hydrogen-bond acceptors (Lipinski definition) is 10. The molecule has 0 unspecified atom stereocenters. The minimum atomic E-state index is -0.833. The van der Waals surface area contributed by atoms with Gasteiger partial charge in [0.1, 0.15) is 18.6 Å². The number of carbonyl (C=O) groups is 2. The number of nitrogens with zero attached hydrogens (tertiary/aromatic N) is 4. The van der Waals surface area contributed by atoms with Gasteiger partial charge in [-0.15, -0.1) is 0 Å². The van der Waals surface area contributed by atoms with E-state index in [4.69, 9.17) is 29.4 Å². The molecule has 1 aliphatic heterocycles. The molecule has 1 aliphatic rings. The molecule has 202 valence electrons. The van der Waals surface area contributed by atoms with Gasteiger partial charge in [0.25, 0.3) is 5.97 Å². The minimum absolute atomic E-state index is 0.279. The third-order valence-corrected chi connectivity index (χ3v) is 5.03. The number of aliphatic hydroxyl groups is 2. The van der Waals surface area contributed by atoms with Crippen molar-refractivity contribution in [2.45, 2.75) is 45.6 Å². The highest BCUT2D eigenvalue weighted by molar-refractivity contribution is 5.74. The molecule has 36 heavy (non-hydrogen) atoms. The van der Waals surface area contributed by atoms with Gasteiger partial charge in [-0.25, -0.2) is 0 Å². The lowest BCUT2D eigenvalue weighted by Crippen LogP contribution is -2.44. The summed E-state index contributed by atoms with van der Waals surface area (Å²) in [5.74, 6) is 1.00. The first kappa shape index (κ1) is 32.6. The number of carboxylic acids is 1. The number of carbonyl (C=O) groups excluding carboxylic acids is 1. The molecule has 11 nitrogen and oxygen atoms in total. The zero-order valence-electron chi connectivity index (χ0n) is 21.8. The van der Waals surface area contributed by atoms with Gasteiger partial charge in [-0.1, -0.05) is 25.6 Å². The summed E-state index contributed by atoms with van der Waals surface area (Å²) in [5.41, 5.74) is 0.660. The minimum Gasteiger partial charge on any atom is -0.516 e. The Morgan fingerprint density at radius 3 is 2.25 bits per heavy atom. The molecule has 0 aliphatic carbocycles. The summed E-state index contributed by atoms with van der Waals surface area (Å²) >= 11 is 0. The number of aliphatic hydroxyl groups excluding tert-OH is 2. The lowest BCUT2D eigenvalue weighted by Gasteiger charge is -2.35. The Kier molecular flexibility index (Phi) is 17.0. The molecule has 1 fully saturated rings. The van der Waals surface area contributed by atoms with Gasteiger partial charge < -0.3 is 29.5 Å². The molecule has 0 bridgehead atoms. The van der Waals surface area contributed by atoms with Crippen LogP contribution in [0.25, 0.3) is 0 Å². The Morgan fingerprint density at radius 1 is 1.28 bits per heavy atom. The summed E-state index contributed by atoms with van der Waals surface area (Å²) in [5, 5.41) is 25.8. The number of benzene rings is 1. The molecule has 0 spiro atoms. The van der Waals surface area contributed by atoms with Gasteiger partial charge in [0.05, 0.1) is 6.26 Å². The number of ether oxygens (including phenoxy) is 1. The predicted molar refractivity (Wildman–Crippen MR) is 138 cm³/mol. The van der Waals surface area contributed by atoms with E-state index in [2.05, 4.69) is 47.4 Å². The highest BCUT2D eigenvalue weighted by atomic mass is 16.5.